The highest BCUT2D eigenvalue weighted by Gasteiger charge is 2.54. The maximum atomic E-state index is 14.2. The summed E-state index contributed by atoms with van der Waals surface area (Å²) >= 11 is 0. The third-order valence-corrected chi connectivity index (χ3v) is 4.60. The topological polar surface area (TPSA) is 44.8 Å². The minimum absolute atomic E-state index is 0.0360. The average Bonchev–Trinajstić information content (AvgIpc) is 2.67. The van der Waals surface area contributed by atoms with E-state index in [9.17, 15) is 13.6 Å². The molecular formula is C16H21BF2O4. The lowest BCUT2D eigenvalue weighted by atomic mass is 9.66. The van der Waals surface area contributed by atoms with E-state index >= 15 is 0 Å². The van der Waals surface area contributed by atoms with Gasteiger partial charge in [0.25, 0.3) is 0 Å². The first-order valence-corrected chi connectivity index (χ1v) is 7.45. The number of carbonyl (C=O) groups excluding carboxylic acids is 1. The van der Waals surface area contributed by atoms with E-state index in [2.05, 4.69) is 4.74 Å². The first-order valence-electron chi connectivity index (χ1n) is 7.45. The van der Waals surface area contributed by atoms with Crippen molar-refractivity contribution in [2.45, 2.75) is 51.1 Å². The highest BCUT2D eigenvalue weighted by atomic mass is 19.2. The fraction of sp³-hybridized carbons (Fsp3) is 0.562. The molecule has 1 fully saturated rings. The van der Waals surface area contributed by atoms with E-state index in [-0.39, 0.29) is 12.0 Å². The minimum Gasteiger partial charge on any atom is -0.469 e. The molecule has 1 aromatic rings. The molecule has 2 rings (SSSR count). The van der Waals surface area contributed by atoms with E-state index in [1.165, 1.54) is 19.2 Å². The van der Waals surface area contributed by atoms with Crippen LogP contribution >= 0.6 is 0 Å². The summed E-state index contributed by atoms with van der Waals surface area (Å²) in [6.45, 7) is 7.41. The molecule has 1 atom stereocenters. The molecule has 23 heavy (non-hydrogen) atoms. The predicted molar refractivity (Wildman–Crippen MR) is 81.8 cm³/mol. The molecular weight excluding hydrogens is 305 g/mol. The van der Waals surface area contributed by atoms with Crippen LogP contribution in [0.5, 0.6) is 0 Å². The molecule has 0 bridgehead atoms. The normalized spacial score (nSPS) is 20.4. The van der Waals surface area contributed by atoms with Crippen LogP contribution in [0.4, 0.5) is 8.78 Å². The monoisotopic (exact) mass is 326 g/mol. The number of halogens is 2. The summed E-state index contributed by atoms with van der Waals surface area (Å²) in [5.41, 5.74) is -1.25. The molecule has 1 aliphatic heterocycles. The molecule has 1 unspecified atom stereocenters. The molecule has 0 saturated carbocycles. The van der Waals surface area contributed by atoms with Crippen molar-refractivity contribution in [2.24, 2.45) is 0 Å². The standard InChI is InChI=1S/C16H21BF2O4/c1-15(2)16(3,4)23-17(22-15)11(9-13(20)21-5)10-7-6-8-12(18)14(10)19/h6-8,11H,9H2,1-5H3. The van der Waals surface area contributed by atoms with Crippen molar-refractivity contribution < 1.29 is 27.6 Å². The third-order valence-electron chi connectivity index (χ3n) is 4.60. The van der Waals surface area contributed by atoms with Crippen LogP contribution in [0.2, 0.25) is 0 Å². The number of ether oxygens (including phenoxy) is 1. The Hall–Kier alpha value is -1.47. The second-order valence-electron chi connectivity index (χ2n) is 6.65. The van der Waals surface area contributed by atoms with E-state index in [1.807, 2.05) is 27.7 Å². The lowest BCUT2D eigenvalue weighted by Crippen LogP contribution is -2.41. The zero-order valence-corrected chi connectivity index (χ0v) is 14.0. The van der Waals surface area contributed by atoms with Crippen molar-refractivity contribution in [3.05, 3.63) is 35.4 Å². The van der Waals surface area contributed by atoms with Crippen molar-refractivity contribution in [3.63, 3.8) is 0 Å². The number of hydrogen-bond donors (Lipinski definition) is 0. The highest BCUT2D eigenvalue weighted by molar-refractivity contribution is 6.48. The Kier molecular flexibility index (Phi) is 4.82. The Morgan fingerprint density at radius 1 is 1.22 bits per heavy atom. The van der Waals surface area contributed by atoms with E-state index in [4.69, 9.17) is 9.31 Å². The summed E-state index contributed by atoms with van der Waals surface area (Å²) in [6.07, 6.45) is -0.173. The van der Waals surface area contributed by atoms with Gasteiger partial charge in [0.1, 0.15) is 0 Å². The van der Waals surface area contributed by atoms with Gasteiger partial charge in [-0.25, -0.2) is 8.78 Å². The van der Waals surface area contributed by atoms with Crippen LogP contribution in [-0.2, 0) is 18.8 Å². The number of esters is 1. The van der Waals surface area contributed by atoms with Crippen LogP contribution in [0.1, 0.15) is 45.5 Å². The summed E-state index contributed by atoms with van der Waals surface area (Å²) in [5.74, 6) is -3.34. The molecule has 0 radical (unpaired) electrons. The molecule has 7 heteroatoms. The van der Waals surface area contributed by atoms with E-state index in [0.717, 1.165) is 6.07 Å². The van der Waals surface area contributed by atoms with Gasteiger partial charge in [0.15, 0.2) is 11.6 Å². The lowest BCUT2D eigenvalue weighted by molar-refractivity contribution is -0.140. The summed E-state index contributed by atoms with van der Waals surface area (Å²) in [5, 5.41) is 0. The molecule has 1 aliphatic rings. The molecule has 4 nitrogen and oxygen atoms in total. The van der Waals surface area contributed by atoms with Crippen molar-refractivity contribution >= 4 is 13.1 Å². The first-order chi connectivity index (χ1) is 10.6. The molecule has 0 spiro atoms. The Balaban J connectivity index is 2.40. The van der Waals surface area contributed by atoms with Crippen molar-refractivity contribution in [3.8, 4) is 0 Å². The Bertz CT molecular complexity index is 588. The largest absolute Gasteiger partial charge is 0.469 e. The molecule has 0 amide bonds. The van der Waals surface area contributed by atoms with Crippen LogP contribution in [-0.4, -0.2) is 31.4 Å². The van der Waals surface area contributed by atoms with E-state index in [0.29, 0.717) is 0 Å². The van der Waals surface area contributed by atoms with Gasteiger partial charge in [0.05, 0.1) is 24.7 Å². The van der Waals surface area contributed by atoms with Gasteiger partial charge in [0.2, 0.25) is 0 Å². The number of hydrogen-bond acceptors (Lipinski definition) is 4. The minimum atomic E-state index is -1.00. The zero-order valence-electron chi connectivity index (χ0n) is 14.0. The van der Waals surface area contributed by atoms with Gasteiger partial charge in [0, 0.05) is 5.82 Å². The molecule has 0 aliphatic carbocycles. The summed E-state index contributed by atoms with van der Waals surface area (Å²) in [7, 11) is 0.362. The third kappa shape index (κ3) is 3.40. The Morgan fingerprint density at radius 2 is 1.78 bits per heavy atom. The zero-order chi connectivity index (χ0) is 17.4. The molecule has 0 aromatic heterocycles. The molecule has 126 valence electrons. The summed E-state index contributed by atoms with van der Waals surface area (Å²) in [6, 6.07) is 3.85. The van der Waals surface area contributed by atoms with Gasteiger partial charge in [-0.2, -0.15) is 0 Å². The Labute approximate surface area is 135 Å². The van der Waals surface area contributed by atoms with Gasteiger partial charge in [-0.1, -0.05) is 12.1 Å². The second kappa shape index (κ2) is 6.21. The van der Waals surface area contributed by atoms with Crippen LogP contribution in [0.3, 0.4) is 0 Å². The maximum Gasteiger partial charge on any atom is 0.466 e. The number of methoxy groups -OCH3 is 1. The van der Waals surface area contributed by atoms with Gasteiger partial charge in [-0.15, -0.1) is 0 Å². The quantitative estimate of drug-likeness (QED) is 0.629. The number of benzene rings is 1. The fourth-order valence-electron chi connectivity index (χ4n) is 2.48. The molecule has 1 saturated heterocycles. The van der Waals surface area contributed by atoms with E-state index < -0.39 is 41.7 Å². The number of carbonyl (C=O) groups is 1. The molecule has 1 aromatic carbocycles. The fourth-order valence-corrected chi connectivity index (χ4v) is 2.48. The maximum absolute atomic E-state index is 14.2. The highest BCUT2D eigenvalue weighted by Crippen LogP contribution is 2.42. The van der Waals surface area contributed by atoms with E-state index in [1.54, 1.807) is 0 Å². The predicted octanol–water partition coefficient (Wildman–Crippen LogP) is 3.24. The van der Waals surface area contributed by atoms with Gasteiger partial charge < -0.3 is 14.0 Å². The van der Waals surface area contributed by atoms with Crippen molar-refractivity contribution in [1.29, 1.82) is 0 Å². The van der Waals surface area contributed by atoms with Gasteiger partial charge >= 0.3 is 13.1 Å². The summed E-state index contributed by atoms with van der Waals surface area (Å²) < 4.78 is 44.3. The molecule has 0 N–H and O–H groups in total. The first kappa shape index (κ1) is 17.9. The van der Waals surface area contributed by atoms with Crippen LogP contribution in [0.15, 0.2) is 18.2 Å². The van der Waals surface area contributed by atoms with Crippen LogP contribution in [0, 0.1) is 11.6 Å². The van der Waals surface area contributed by atoms with Crippen LogP contribution < -0.4 is 0 Å². The SMILES string of the molecule is COC(=O)CC(B1OC(C)(C)C(C)(C)O1)c1cccc(F)c1F. The summed E-state index contributed by atoms with van der Waals surface area (Å²) in [4.78, 5) is 11.7. The average molecular weight is 326 g/mol. The molecule has 1 heterocycles. The Morgan fingerprint density at radius 3 is 2.30 bits per heavy atom. The smallest absolute Gasteiger partial charge is 0.466 e. The van der Waals surface area contributed by atoms with Crippen molar-refractivity contribution in [2.75, 3.05) is 7.11 Å². The van der Waals surface area contributed by atoms with Crippen molar-refractivity contribution in [1.82, 2.24) is 0 Å². The van der Waals surface area contributed by atoms with Crippen LogP contribution in [0.25, 0.3) is 0 Å². The lowest BCUT2D eigenvalue weighted by Gasteiger charge is -2.32. The van der Waals surface area contributed by atoms with Gasteiger partial charge in [-0.3, -0.25) is 4.79 Å². The van der Waals surface area contributed by atoms with Gasteiger partial charge in [-0.05, 0) is 39.3 Å². The number of rotatable bonds is 4. The second-order valence-corrected chi connectivity index (χ2v) is 6.65.